The first-order valence-electron chi connectivity index (χ1n) is 8.73. The molecule has 0 fully saturated rings. The summed E-state index contributed by atoms with van der Waals surface area (Å²) in [7, 11) is 0. The summed E-state index contributed by atoms with van der Waals surface area (Å²) in [5.41, 5.74) is 0.898. The first-order valence-corrected chi connectivity index (χ1v) is 8.73. The zero-order valence-electron chi connectivity index (χ0n) is 14.5. The van der Waals surface area contributed by atoms with Gasteiger partial charge in [0.1, 0.15) is 5.83 Å². The normalized spacial score (nSPS) is 10.8. The Balaban J connectivity index is 2.00. The summed E-state index contributed by atoms with van der Waals surface area (Å²) in [6.07, 6.45) is 9.17. The number of carbonyl (C=O) groups excluding carboxylic acids is 1. The molecular weight excluding hydrogens is 303 g/mol. The summed E-state index contributed by atoms with van der Waals surface area (Å²) in [5.74, 6) is 5.34. The lowest BCUT2D eigenvalue weighted by molar-refractivity contribution is -0.141. The van der Waals surface area contributed by atoms with Crippen LogP contribution in [0.25, 0.3) is 0 Å². The Kier molecular flexibility index (Phi) is 11.1. The molecule has 0 aliphatic rings. The highest BCUT2D eigenvalue weighted by Gasteiger charge is 1.96. The number of hydrogen-bond acceptors (Lipinski definition) is 2. The number of allylic oxidation sites excluding steroid dienone is 2. The molecule has 3 heteroatoms. The zero-order valence-corrected chi connectivity index (χ0v) is 14.5. The highest BCUT2D eigenvalue weighted by molar-refractivity contribution is 5.65. The SMILES string of the molecule is CC(=O)OCCCCCCCCC/C(F)=C\C#Cc1ccccc1. The third kappa shape index (κ3) is 11.5. The van der Waals surface area contributed by atoms with Crippen LogP contribution in [-0.2, 0) is 9.53 Å². The minimum absolute atomic E-state index is 0.139. The maximum atomic E-state index is 13.6. The summed E-state index contributed by atoms with van der Waals surface area (Å²) in [6.45, 7) is 1.95. The van der Waals surface area contributed by atoms with Crippen molar-refractivity contribution in [2.75, 3.05) is 6.61 Å². The van der Waals surface area contributed by atoms with Gasteiger partial charge in [0, 0.05) is 18.6 Å². The van der Waals surface area contributed by atoms with Crippen LogP contribution in [0.2, 0.25) is 0 Å². The number of unbranched alkanes of at least 4 members (excludes halogenated alkanes) is 6. The van der Waals surface area contributed by atoms with E-state index in [1.807, 2.05) is 30.3 Å². The lowest BCUT2D eigenvalue weighted by Crippen LogP contribution is -2.00. The van der Waals surface area contributed by atoms with E-state index in [1.165, 1.54) is 13.0 Å². The summed E-state index contributed by atoms with van der Waals surface area (Å²) in [5, 5.41) is 0. The van der Waals surface area contributed by atoms with Crippen LogP contribution in [0.4, 0.5) is 4.39 Å². The van der Waals surface area contributed by atoms with Crippen molar-refractivity contribution < 1.29 is 13.9 Å². The molecule has 0 bridgehead atoms. The molecule has 0 N–H and O–H groups in total. The topological polar surface area (TPSA) is 26.3 Å². The molecule has 0 saturated carbocycles. The fourth-order valence-electron chi connectivity index (χ4n) is 2.29. The standard InChI is InChI=1S/C21H27FO2/c1-19(23)24-18-11-6-4-2-3-5-10-16-21(22)17-12-15-20-13-8-7-9-14-20/h7-9,13-14,17H,2-6,10-11,16,18H2,1H3/b21-17+. The number of halogens is 1. The van der Waals surface area contributed by atoms with E-state index in [0.717, 1.165) is 50.5 Å². The Labute approximate surface area is 145 Å². The molecule has 130 valence electrons. The van der Waals surface area contributed by atoms with Gasteiger partial charge in [0.2, 0.25) is 0 Å². The van der Waals surface area contributed by atoms with Crippen molar-refractivity contribution in [1.29, 1.82) is 0 Å². The number of ether oxygens (including phenoxy) is 1. The van der Waals surface area contributed by atoms with Crippen LogP contribution < -0.4 is 0 Å². The van der Waals surface area contributed by atoms with Crippen LogP contribution in [0.1, 0.15) is 63.9 Å². The minimum atomic E-state index is -0.210. The Morgan fingerprint density at radius 2 is 1.67 bits per heavy atom. The van der Waals surface area contributed by atoms with Gasteiger partial charge < -0.3 is 4.74 Å². The molecule has 0 radical (unpaired) electrons. The second kappa shape index (κ2) is 13.4. The van der Waals surface area contributed by atoms with Crippen LogP contribution in [0.5, 0.6) is 0 Å². The first kappa shape index (κ1) is 20.0. The molecule has 0 aromatic heterocycles. The maximum Gasteiger partial charge on any atom is 0.302 e. The number of benzene rings is 1. The summed E-state index contributed by atoms with van der Waals surface area (Å²) in [6, 6.07) is 9.58. The predicted octanol–water partition coefficient (Wildman–Crippen LogP) is 5.58. The van der Waals surface area contributed by atoms with E-state index in [-0.39, 0.29) is 11.8 Å². The van der Waals surface area contributed by atoms with Gasteiger partial charge in [-0.3, -0.25) is 4.79 Å². The maximum absolute atomic E-state index is 13.6. The Hall–Kier alpha value is -2.08. The minimum Gasteiger partial charge on any atom is -0.466 e. The van der Waals surface area contributed by atoms with Gasteiger partial charge in [-0.2, -0.15) is 0 Å². The fourth-order valence-corrected chi connectivity index (χ4v) is 2.29. The monoisotopic (exact) mass is 330 g/mol. The van der Waals surface area contributed by atoms with Crippen molar-refractivity contribution in [3.63, 3.8) is 0 Å². The van der Waals surface area contributed by atoms with Gasteiger partial charge in [-0.05, 0) is 31.4 Å². The van der Waals surface area contributed by atoms with Crippen LogP contribution in [0.3, 0.4) is 0 Å². The van der Waals surface area contributed by atoms with E-state index in [4.69, 9.17) is 4.74 Å². The molecule has 1 aromatic rings. The summed E-state index contributed by atoms with van der Waals surface area (Å²) in [4.78, 5) is 10.6. The van der Waals surface area contributed by atoms with Crippen molar-refractivity contribution in [3.8, 4) is 11.8 Å². The van der Waals surface area contributed by atoms with Gasteiger partial charge in [-0.25, -0.2) is 4.39 Å². The highest BCUT2D eigenvalue weighted by Crippen LogP contribution is 2.13. The second-order valence-corrected chi connectivity index (χ2v) is 5.79. The average molecular weight is 330 g/mol. The molecule has 1 aromatic carbocycles. The van der Waals surface area contributed by atoms with E-state index in [1.54, 1.807) is 0 Å². The number of esters is 1. The van der Waals surface area contributed by atoms with Crippen molar-refractivity contribution in [3.05, 3.63) is 47.8 Å². The molecule has 0 unspecified atom stereocenters. The smallest absolute Gasteiger partial charge is 0.302 e. The second-order valence-electron chi connectivity index (χ2n) is 5.79. The Morgan fingerprint density at radius 1 is 1.04 bits per heavy atom. The number of carbonyl (C=O) groups is 1. The first-order chi connectivity index (χ1) is 11.7. The lowest BCUT2D eigenvalue weighted by atomic mass is 10.1. The highest BCUT2D eigenvalue weighted by atomic mass is 19.1. The van der Waals surface area contributed by atoms with Crippen molar-refractivity contribution in [2.45, 2.75) is 58.3 Å². The number of hydrogen-bond donors (Lipinski definition) is 0. The molecule has 24 heavy (non-hydrogen) atoms. The largest absolute Gasteiger partial charge is 0.466 e. The van der Waals surface area contributed by atoms with Crippen molar-refractivity contribution >= 4 is 5.97 Å². The molecular formula is C21H27FO2. The Bertz CT molecular complexity index is 552. The van der Waals surface area contributed by atoms with Gasteiger partial charge in [-0.1, -0.05) is 62.1 Å². The molecule has 0 saturated heterocycles. The van der Waals surface area contributed by atoms with Gasteiger partial charge >= 0.3 is 5.97 Å². The number of rotatable bonds is 10. The van der Waals surface area contributed by atoms with Crippen LogP contribution in [0, 0.1) is 11.8 Å². The van der Waals surface area contributed by atoms with Gasteiger partial charge in [-0.15, -0.1) is 0 Å². The molecule has 0 spiro atoms. The van der Waals surface area contributed by atoms with E-state index in [2.05, 4.69) is 11.8 Å². The fraction of sp³-hybridized carbons (Fsp3) is 0.476. The molecule has 1 rings (SSSR count). The van der Waals surface area contributed by atoms with Gasteiger partial charge in [0.05, 0.1) is 6.61 Å². The van der Waals surface area contributed by atoms with E-state index in [0.29, 0.717) is 13.0 Å². The van der Waals surface area contributed by atoms with Gasteiger partial charge in [0.15, 0.2) is 0 Å². The Morgan fingerprint density at radius 3 is 2.33 bits per heavy atom. The third-order valence-electron chi connectivity index (χ3n) is 3.58. The zero-order chi connectivity index (χ0) is 17.5. The van der Waals surface area contributed by atoms with Crippen molar-refractivity contribution in [1.82, 2.24) is 0 Å². The van der Waals surface area contributed by atoms with Crippen molar-refractivity contribution in [2.24, 2.45) is 0 Å². The van der Waals surface area contributed by atoms with E-state index in [9.17, 15) is 9.18 Å². The van der Waals surface area contributed by atoms with Crippen LogP contribution in [-0.4, -0.2) is 12.6 Å². The quantitative estimate of drug-likeness (QED) is 0.318. The molecule has 0 aliphatic carbocycles. The average Bonchev–Trinajstić information content (AvgIpc) is 2.57. The van der Waals surface area contributed by atoms with Gasteiger partial charge in [0.25, 0.3) is 0 Å². The molecule has 0 heterocycles. The molecule has 0 aliphatic heterocycles. The lowest BCUT2D eigenvalue weighted by Gasteiger charge is -2.02. The van der Waals surface area contributed by atoms with Crippen LogP contribution in [0.15, 0.2) is 42.2 Å². The third-order valence-corrected chi connectivity index (χ3v) is 3.58. The predicted molar refractivity (Wildman–Crippen MR) is 96.1 cm³/mol. The van der Waals surface area contributed by atoms with E-state index >= 15 is 0 Å². The van der Waals surface area contributed by atoms with E-state index < -0.39 is 0 Å². The molecule has 0 atom stereocenters. The summed E-state index contributed by atoms with van der Waals surface area (Å²) < 4.78 is 18.5. The molecule has 0 amide bonds. The van der Waals surface area contributed by atoms with Crippen LogP contribution >= 0.6 is 0 Å². The summed E-state index contributed by atoms with van der Waals surface area (Å²) >= 11 is 0. The molecule has 2 nitrogen and oxygen atoms in total.